The highest BCUT2D eigenvalue weighted by Crippen LogP contribution is 2.32. The van der Waals surface area contributed by atoms with E-state index in [1.807, 2.05) is 10.9 Å². The van der Waals surface area contributed by atoms with Crippen LogP contribution in [-0.4, -0.2) is 61.9 Å². The van der Waals surface area contributed by atoms with Gasteiger partial charge in [-0.3, -0.25) is 4.79 Å². The number of unbranched alkanes of at least 4 members (excludes halogenated alkanes) is 5. The first-order valence-electron chi connectivity index (χ1n) is 17.0. The number of aromatic hydroxyl groups is 1. The lowest BCUT2D eigenvalue weighted by atomic mass is 9.98. The minimum atomic E-state index is -0.676. The average molecular weight is 649 g/mol. The van der Waals surface area contributed by atoms with Crippen LogP contribution in [0.15, 0.2) is 35.3 Å². The van der Waals surface area contributed by atoms with Crippen LogP contribution in [0.2, 0.25) is 0 Å². The van der Waals surface area contributed by atoms with Crippen LogP contribution < -0.4 is 16.2 Å². The van der Waals surface area contributed by atoms with Gasteiger partial charge in [0.1, 0.15) is 5.75 Å². The molecule has 0 radical (unpaired) electrons. The summed E-state index contributed by atoms with van der Waals surface area (Å²) < 4.78 is 13.0. The molecule has 1 amide bonds. The topological polar surface area (TPSA) is 164 Å². The highest BCUT2D eigenvalue weighted by molar-refractivity contribution is 5.92. The predicted octanol–water partition coefficient (Wildman–Crippen LogP) is 5.84. The molecule has 12 nitrogen and oxygen atoms in total. The summed E-state index contributed by atoms with van der Waals surface area (Å²) in [6, 6.07) is 6.54. The number of aliphatic hydroxyl groups excluding tert-OH is 1. The summed E-state index contributed by atoms with van der Waals surface area (Å²) in [5, 5.41) is 33.7. The molecular weight excluding hydrogens is 600 g/mol. The number of carbonyl (C=O) groups excluding carboxylic acids is 1. The zero-order chi connectivity index (χ0) is 33.2. The Morgan fingerprint density at radius 1 is 1.09 bits per heavy atom. The first-order valence-corrected chi connectivity index (χ1v) is 17.0. The van der Waals surface area contributed by atoms with Gasteiger partial charge in [-0.25, -0.2) is 14.5 Å². The number of benzene rings is 1. The number of ether oxygens (including phenoxy) is 2. The van der Waals surface area contributed by atoms with Crippen molar-refractivity contribution >= 4 is 33.7 Å². The molecule has 1 saturated heterocycles. The normalized spacial score (nSPS) is 14.4. The van der Waals surface area contributed by atoms with E-state index in [0.717, 1.165) is 106 Å². The van der Waals surface area contributed by atoms with Crippen molar-refractivity contribution in [2.75, 3.05) is 25.1 Å². The van der Waals surface area contributed by atoms with Gasteiger partial charge in [-0.15, -0.1) is 0 Å². The van der Waals surface area contributed by atoms with Crippen LogP contribution in [0.3, 0.4) is 0 Å². The number of fused-ring (bicyclic) bond motifs is 2. The Morgan fingerprint density at radius 2 is 1.85 bits per heavy atom. The lowest BCUT2D eigenvalue weighted by Gasteiger charge is -2.26. The van der Waals surface area contributed by atoms with Crippen molar-refractivity contribution in [3.8, 4) is 5.75 Å². The van der Waals surface area contributed by atoms with Crippen LogP contribution in [0.25, 0.3) is 21.9 Å². The number of hydrogen-bond acceptors (Lipinski definition) is 9. The third kappa shape index (κ3) is 8.61. The molecule has 1 fully saturated rings. The molecule has 0 saturated carbocycles. The number of rotatable bonds is 16. The number of aromatic amines is 1. The maximum absolute atomic E-state index is 12.6. The van der Waals surface area contributed by atoms with Gasteiger partial charge in [-0.2, -0.15) is 5.10 Å². The van der Waals surface area contributed by atoms with Crippen molar-refractivity contribution in [2.24, 2.45) is 0 Å². The molecule has 47 heavy (non-hydrogen) atoms. The Bertz CT molecular complexity index is 1700. The lowest BCUT2D eigenvalue weighted by molar-refractivity contribution is 0.0904. The van der Waals surface area contributed by atoms with E-state index < -0.39 is 12.2 Å². The second kappa shape index (κ2) is 16.6. The van der Waals surface area contributed by atoms with Crippen molar-refractivity contribution in [3.63, 3.8) is 0 Å². The van der Waals surface area contributed by atoms with E-state index in [4.69, 9.17) is 14.5 Å². The van der Waals surface area contributed by atoms with Gasteiger partial charge in [-0.05, 0) is 56.7 Å². The predicted molar refractivity (Wildman–Crippen MR) is 182 cm³/mol. The van der Waals surface area contributed by atoms with Gasteiger partial charge in [0.2, 0.25) is 5.56 Å². The summed E-state index contributed by atoms with van der Waals surface area (Å²) in [6.45, 7) is 6.99. The second-order valence-electron chi connectivity index (χ2n) is 12.2. The van der Waals surface area contributed by atoms with Crippen LogP contribution in [0.5, 0.6) is 5.75 Å². The molecule has 1 atom stereocenters. The minimum absolute atomic E-state index is 0.0105. The number of hydrogen-bond donors (Lipinski definition) is 5. The van der Waals surface area contributed by atoms with Gasteiger partial charge in [0, 0.05) is 55.1 Å². The Kier molecular flexibility index (Phi) is 12.1. The largest absolute Gasteiger partial charge is 0.506 e. The number of pyridine rings is 2. The Balaban J connectivity index is 1.03. The van der Waals surface area contributed by atoms with Gasteiger partial charge >= 0.3 is 6.09 Å². The number of nitrogens with zero attached hydrogens (tertiary/aromatic N) is 3. The number of anilines is 1. The molecule has 0 bridgehead atoms. The number of amides is 1. The molecular formula is C35H48N6O6. The fourth-order valence-electron chi connectivity index (χ4n) is 6.33. The third-order valence-electron chi connectivity index (χ3n) is 8.96. The van der Waals surface area contributed by atoms with Crippen molar-refractivity contribution < 1.29 is 24.5 Å². The number of phenols is 1. The highest BCUT2D eigenvalue weighted by atomic mass is 16.5. The molecule has 3 aromatic heterocycles. The van der Waals surface area contributed by atoms with E-state index in [0.29, 0.717) is 36.0 Å². The first-order chi connectivity index (χ1) is 22.9. The molecule has 1 aliphatic heterocycles. The fraction of sp³-hybridized carbons (Fsp3) is 0.543. The fourth-order valence-corrected chi connectivity index (χ4v) is 6.33. The minimum Gasteiger partial charge on any atom is -0.506 e. The van der Waals surface area contributed by atoms with Crippen molar-refractivity contribution in [3.05, 3.63) is 57.6 Å². The highest BCUT2D eigenvalue weighted by Gasteiger charge is 2.22. The summed E-state index contributed by atoms with van der Waals surface area (Å²) in [6.07, 6.45) is 9.53. The Labute approximate surface area is 274 Å². The van der Waals surface area contributed by atoms with Gasteiger partial charge < -0.3 is 35.3 Å². The molecule has 5 N–H and O–H groups in total. The number of phenolic OH excluding ortho intramolecular Hbond substituents is 1. The number of carbonyl (C=O) groups is 1. The van der Waals surface area contributed by atoms with Gasteiger partial charge in [-0.1, -0.05) is 45.1 Å². The maximum Gasteiger partial charge on any atom is 0.407 e. The SMILES string of the molecule is CCc1nc2c(cnn2CC)c(NC2CCOCC2)c1CNC(=O)OCCCCCCCC[C@H](O)c1ccc(O)c2[nH]c(=O)ccc12. The van der Waals surface area contributed by atoms with Crippen LogP contribution >= 0.6 is 0 Å². The monoisotopic (exact) mass is 648 g/mol. The van der Waals surface area contributed by atoms with E-state index >= 15 is 0 Å². The number of nitrogens with one attached hydrogen (secondary N) is 3. The van der Waals surface area contributed by atoms with Gasteiger partial charge in [0.15, 0.2) is 5.65 Å². The van der Waals surface area contributed by atoms with Crippen molar-refractivity contribution in [2.45, 2.75) is 103 Å². The summed E-state index contributed by atoms with van der Waals surface area (Å²) in [5.74, 6) is -0.0105. The Morgan fingerprint density at radius 3 is 2.62 bits per heavy atom. The number of aryl methyl sites for hydroxylation is 2. The molecule has 1 aromatic carbocycles. The van der Waals surface area contributed by atoms with E-state index in [-0.39, 0.29) is 17.4 Å². The second-order valence-corrected chi connectivity index (χ2v) is 12.2. The van der Waals surface area contributed by atoms with E-state index in [2.05, 4.69) is 34.6 Å². The number of H-pyrrole nitrogens is 1. The summed E-state index contributed by atoms with van der Waals surface area (Å²) in [7, 11) is 0. The molecule has 4 aromatic rings. The van der Waals surface area contributed by atoms with Crippen LogP contribution in [-0.2, 0) is 29.0 Å². The average Bonchev–Trinajstić information content (AvgIpc) is 3.50. The third-order valence-corrected chi connectivity index (χ3v) is 8.96. The molecule has 1 aliphatic rings. The standard InChI is InChI=1S/C35H48N6O6/c1-3-28-26(32(38-23-16-19-46-20-17-23)27-22-37-41(4-2)34(27)39-28)21-36-35(45)47-18-10-8-6-5-7-9-11-29(42)24-12-14-30(43)33-25(24)13-15-31(44)40-33/h12-15,22-23,29,42-43H,3-11,16-21H2,1-2H3,(H,36,45)(H,38,39)(H,40,44)/t29-/m0/s1. The van der Waals surface area contributed by atoms with Gasteiger partial charge in [0.05, 0.1) is 35.5 Å². The van der Waals surface area contributed by atoms with Crippen LogP contribution in [0.4, 0.5) is 10.5 Å². The van der Waals surface area contributed by atoms with Gasteiger partial charge in [0.25, 0.3) is 0 Å². The summed E-state index contributed by atoms with van der Waals surface area (Å²) in [5.41, 5.74) is 4.49. The zero-order valence-electron chi connectivity index (χ0n) is 27.5. The summed E-state index contributed by atoms with van der Waals surface area (Å²) >= 11 is 0. The van der Waals surface area contributed by atoms with Crippen molar-refractivity contribution in [1.82, 2.24) is 25.1 Å². The van der Waals surface area contributed by atoms with E-state index in [9.17, 15) is 19.8 Å². The van der Waals surface area contributed by atoms with Crippen LogP contribution in [0, 0.1) is 0 Å². The zero-order valence-corrected chi connectivity index (χ0v) is 27.5. The lowest BCUT2D eigenvalue weighted by Crippen LogP contribution is -2.30. The van der Waals surface area contributed by atoms with E-state index in [1.165, 1.54) is 12.1 Å². The molecule has 0 spiro atoms. The Hall–Kier alpha value is -4.16. The first kappa shape index (κ1) is 34.2. The smallest absolute Gasteiger partial charge is 0.407 e. The number of alkyl carbamates (subject to hydrolysis) is 1. The molecule has 0 unspecified atom stereocenters. The van der Waals surface area contributed by atoms with Crippen LogP contribution in [0.1, 0.15) is 94.6 Å². The number of aromatic nitrogens is 4. The number of aliphatic hydroxyl groups is 1. The molecule has 4 heterocycles. The molecule has 254 valence electrons. The molecule has 0 aliphatic carbocycles. The van der Waals surface area contributed by atoms with E-state index in [1.54, 1.807) is 12.1 Å². The molecule has 12 heteroatoms. The summed E-state index contributed by atoms with van der Waals surface area (Å²) in [4.78, 5) is 31.8. The van der Waals surface area contributed by atoms with Crippen molar-refractivity contribution in [1.29, 1.82) is 0 Å². The maximum atomic E-state index is 12.6. The molecule has 5 rings (SSSR count). The quantitative estimate of drug-likeness (QED) is 0.0939.